The highest BCUT2D eigenvalue weighted by molar-refractivity contribution is 7.12. The molecule has 0 aliphatic rings. The molecule has 0 aromatic carbocycles. The van der Waals surface area contributed by atoms with E-state index in [1.807, 2.05) is 0 Å². The highest BCUT2D eigenvalue weighted by Crippen LogP contribution is 2.17. The number of aryl methyl sites for hydroxylation is 1. The lowest BCUT2D eigenvalue weighted by Gasteiger charge is -1.91. The molecule has 4 nitrogen and oxygen atoms in total. The summed E-state index contributed by atoms with van der Waals surface area (Å²) in [7, 11) is 1.60. The second-order valence-corrected chi connectivity index (χ2v) is 3.56. The quantitative estimate of drug-likeness (QED) is 0.702. The van der Waals surface area contributed by atoms with Crippen molar-refractivity contribution in [2.24, 2.45) is 7.05 Å². The van der Waals surface area contributed by atoms with Crippen LogP contribution in [0.1, 0.15) is 15.4 Å². The van der Waals surface area contributed by atoms with Crippen LogP contribution in [0.25, 0.3) is 0 Å². The van der Waals surface area contributed by atoms with Gasteiger partial charge in [0, 0.05) is 7.05 Å². The maximum absolute atomic E-state index is 13.0. The van der Waals surface area contributed by atoms with E-state index >= 15 is 0 Å². The Morgan fingerprint density at radius 1 is 1.64 bits per heavy atom. The number of hydrogen-bond acceptors (Lipinski definition) is 4. The molecule has 0 radical (unpaired) electrons. The van der Waals surface area contributed by atoms with Crippen molar-refractivity contribution in [3.63, 3.8) is 0 Å². The van der Waals surface area contributed by atoms with Gasteiger partial charge in [-0.15, -0.1) is 11.3 Å². The normalized spacial score (nSPS) is 10.4. The van der Waals surface area contributed by atoms with E-state index in [1.54, 1.807) is 7.05 Å². The van der Waals surface area contributed by atoms with Crippen molar-refractivity contribution in [3.05, 3.63) is 34.0 Å². The fraction of sp³-hybridized carbons (Fsp3) is 0.125. The predicted molar refractivity (Wildman–Crippen MR) is 48.7 cm³/mol. The molecule has 0 saturated carbocycles. The van der Waals surface area contributed by atoms with Crippen LogP contribution in [0.2, 0.25) is 0 Å². The Kier molecular flexibility index (Phi) is 2.12. The number of halogens is 1. The van der Waals surface area contributed by atoms with E-state index < -0.39 is 11.6 Å². The summed E-state index contributed by atoms with van der Waals surface area (Å²) >= 11 is 1.06. The zero-order valence-corrected chi connectivity index (χ0v) is 8.08. The summed E-state index contributed by atoms with van der Waals surface area (Å²) in [5.74, 6) is -0.934. The van der Waals surface area contributed by atoms with Crippen LogP contribution in [0.4, 0.5) is 4.39 Å². The molecule has 2 aromatic heterocycles. The molecule has 0 spiro atoms. The van der Waals surface area contributed by atoms with E-state index in [1.165, 1.54) is 22.4 Å². The molecule has 0 saturated heterocycles. The summed E-state index contributed by atoms with van der Waals surface area (Å²) in [6, 6.07) is 1.26. The molecule has 0 fully saturated rings. The Bertz CT molecular complexity index is 476. The molecule has 2 aromatic rings. The maximum atomic E-state index is 13.0. The molecule has 0 unspecified atom stereocenters. The summed E-state index contributed by atoms with van der Waals surface area (Å²) in [6.07, 6.45) is 1.32. The Morgan fingerprint density at radius 3 is 2.93 bits per heavy atom. The summed E-state index contributed by atoms with van der Waals surface area (Å²) in [6.45, 7) is 0. The Morgan fingerprint density at radius 2 is 2.43 bits per heavy atom. The van der Waals surface area contributed by atoms with Crippen LogP contribution >= 0.6 is 11.3 Å². The molecule has 2 heterocycles. The Labute approximate surface area is 83.0 Å². The molecule has 72 valence electrons. The SMILES string of the molecule is Cn1ncc(C(=O)c2sccc2F)n1. The average molecular weight is 211 g/mol. The molecular formula is C8H6FN3OS. The van der Waals surface area contributed by atoms with E-state index in [9.17, 15) is 9.18 Å². The van der Waals surface area contributed by atoms with Gasteiger partial charge in [0.1, 0.15) is 10.7 Å². The van der Waals surface area contributed by atoms with Crippen LogP contribution in [-0.2, 0) is 7.05 Å². The van der Waals surface area contributed by atoms with E-state index in [0.717, 1.165) is 11.3 Å². The van der Waals surface area contributed by atoms with Crippen molar-refractivity contribution in [3.8, 4) is 0 Å². The molecule has 6 heteroatoms. The summed E-state index contributed by atoms with van der Waals surface area (Å²) in [5, 5.41) is 9.07. The second kappa shape index (κ2) is 3.30. The van der Waals surface area contributed by atoms with Crippen LogP contribution in [0.5, 0.6) is 0 Å². The van der Waals surface area contributed by atoms with Gasteiger partial charge in [-0.25, -0.2) is 4.39 Å². The number of aromatic nitrogens is 3. The van der Waals surface area contributed by atoms with Gasteiger partial charge in [-0.1, -0.05) is 0 Å². The first-order chi connectivity index (χ1) is 6.68. The molecule has 0 N–H and O–H groups in total. The lowest BCUT2D eigenvalue weighted by molar-refractivity contribution is 0.103. The largest absolute Gasteiger partial charge is 0.286 e. The molecule has 14 heavy (non-hydrogen) atoms. The third-order valence-electron chi connectivity index (χ3n) is 1.66. The first-order valence-corrected chi connectivity index (χ1v) is 4.70. The van der Waals surface area contributed by atoms with Gasteiger partial charge in [0.2, 0.25) is 5.78 Å². The van der Waals surface area contributed by atoms with Crippen molar-refractivity contribution < 1.29 is 9.18 Å². The molecular weight excluding hydrogens is 205 g/mol. The number of thiophene rings is 1. The van der Waals surface area contributed by atoms with E-state index in [2.05, 4.69) is 10.2 Å². The number of hydrogen-bond donors (Lipinski definition) is 0. The van der Waals surface area contributed by atoms with E-state index in [-0.39, 0.29) is 10.6 Å². The highest BCUT2D eigenvalue weighted by atomic mass is 32.1. The maximum Gasteiger partial charge on any atom is 0.227 e. The zero-order valence-electron chi connectivity index (χ0n) is 7.27. The second-order valence-electron chi connectivity index (χ2n) is 2.65. The average Bonchev–Trinajstić information content (AvgIpc) is 2.73. The molecule has 0 aliphatic heterocycles. The van der Waals surface area contributed by atoms with Crippen LogP contribution < -0.4 is 0 Å². The van der Waals surface area contributed by atoms with Gasteiger partial charge >= 0.3 is 0 Å². The molecule has 0 atom stereocenters. The number of nitrogens with zero attached hydrogens (tertiary/aromatic N) is 3. The Hall–Kier alpha value is -1.56. The molecule has 0 aliphatic carbocycles. The fourth-order valence-electron chi connectivity index (χ4n) is 1.02. The zero-order chi connectivity index (χ0) is 10.1. The van der Waals surface area contributed by atoms with E-state index in [0.29, 0.717) is 0 Å². The Balaban J connectivity index is 2.38. The van der Waals surface area contributed by atoms with Gasteiger partial charge in [0.05, 0.1) is 6.20 Å². The first-order valence-electron chi connectivity index (χ1n) is 3.82. The summed E-state index contributed by atoms with van der Waals surface area (Å²) < 4.78 is 13.0. The third-order valence-corrected chi connectivity index (χ3v) is 2.54. The van der Waals surface area contributed by atoms with Crippen LogP contribution in [0.3, 0.4) is 0 Å². The smallest absolute Gasteiger partial charge is 0.227 e. The van der Waals surface area contributed by atoms with Gasteiger partial charge in [0.15, 0.2) is 5.69 Å². The first kappa shape index (κ1) is 9.01. The predicted octanol–water partition coefficient (Wildman–Crippen LogP) is 1.25. The van der Waals surface area contributed by atoms with E-state index in [4.69, 9.17) is 0 Å². The van der Waals surface area contributed by atoms with Crippen LogP contribution in [0.15, 0.2) is 17.6 Å². The number of rotatable bonds is 2. The number of carbonyl (C=O) groups is 1. The van der Waals surface area contributed by atoms with Crippen molar-refractivity contribution in [2.75, 3.05) is 0 Å². The van der Waals surface area contributed by atoms with Gasteiger partial charge < -0.3 is 0 Å². The topological polar surface area (TPSA) is 47.8 Å². The van der Waals surface area contributed by atoms with Crippen LogP contribution in [0, 0.1) is 5.82 Å². The van der Waals surface area contributed by atoms with Crippen molar-refractivity contribution in [1.82, 2.24) is 15.0 Å². The highest BCUT2D eigenvalue weighted by Gasteiger charge is 2.17. The van der Waals surface area contributed by atoms with Gasteiger partial charge in [-0.2, -0.15) is 15.0 Å². The van der Waals surface area contributed by atoms with Gasteiger partial charge in [0.25, 0.3) is 0 Å². The molecule has 0 amide bonds. The molecule has 2 rings (SSSR count). The van der Waals surface area contributed by atoms with Crippen molar-refractivity contribution in [1.29, 1.82) is 0 Å². The minimum atomic E-state index is -0.509. The summed E-state index contributed by atoms with van der Waals surface area (Å²) in [4.78, 5) is 12.9. The fourth-order valence-corrected chi connectivity index (χ4v) is 1.74. The minimum Gasteiger partial charge on any atom is -0.286 e. The van der Waals surface area contributed by atoms with Crippen molar-refractivity contribution in [2.45, 2.75) is 0 Å². The lowest BCUT2D eigenvalue weighted by atomic mass is 10.2. The number of ketones is 1. The van der Waals surface area contributed by atoms with Crippen LogP contribution in [-0.4, -0.2) is 20.8 Å². The monoisotopic (exact) mass is 211 g/mol. The minimum absolute atomic E-state index is 0.0745. The third kappa shape index (κ3) is 1.44. The standard InChI is InChI=1S/C8H6FN3OS/c1-12-10-4-6(11-12)7(13)8-5(9)2-3-14-8/h2-4H,1H3. The molecule has 0 bridgehead atoms. The van der Waals surface area contributed by atoms with Crippen molar-refractivity contribution >= 4 is 17.1 Å². The number of carbonyl (C=O) groups excluding carboxylic acids is 1. The van der Waals surface area contributed by atoms with Gasteiger partial charge in [-0.05, 0) is 11.4 Å². The lowest BCUT2D eigenvalue weighted by Crippen LogP contribution is -2.03. The summed E-state index contributed by atoms with van der Waals surface area (Å²) in [5.41, 5.74) is 0.161. The van der Waals surface area contributed by atoms with Gasteiger partial charge in [-0.3, -0.25) is 4.79 Å².